The van der Waals surface area contributed by atoms with Crippen LogP contribution >= 0.6 is 15.9 Å². The lowest BCUT2D eigenvalue weighted by Crippen LogP contribution is -2.44. The highest BCUT2D eigenvalue weighted by atomic mass is 79.9. The minimum Gasteiger partial charge on any atom is -0.332 e. The molecule has 138 valence electrons. The summed E-state index contributed by atoms with van der Waals surface area (Å²) in [6.07, 6.45) is 1.74. The van der Waals surface area contributed by atoms with Gasteiger partial charge < -0.3 is 4.90 Å². The van der Waals surface area contributed by atoms with E-state index in [0.717, 1.165) is 34.3 Å². The maximum absolute atomic E-state index is 12.8. The maximum Gasteiger partial charge on any atom is 0.247 e. The minimum absolute atomic E-state index is 0.0510. The first-order valence-corrected chi connectivity index (χ1v) is 9.89. The summed E-state index contributed by atoms with van der Waals surface area (Å²) in [6.45, 7) is 1.14. The van der Waals surface area contributed by atoms with Crippen molar-refractivity contribution in [3.05, 3.63) is 70.2 Å². The van der Waals surface area contributed by atoms with Crippen LogP contribution in [0.25, 0.3) is 0 Å². The van der Waals surface area contributed by atoms with Crippen molar-refractivity contribution in [2.24, 2.45) is 5.10 Å². The van der Waals surface area contributed by atoms with Crippen LogP contribution < -0.4 is 0 Å². The van der Waals surface area contributed by atoms with Crippen LogP contribution in [0.15, 0.2) is 64.2 Å². The Morgan fingerprint density at radius 3 is 2.52 bits per heavy atom. The molecule has 2 aromatic rings. The van der Waals surface area contributed by atoms with Crippen LogP contribution in [0.1, 0.15) is 24.0 Å². The summed E-state index contributed by atoms with van der Waals surface area (Å²) in [7, 11) is 0. The Balaban J connectivity index is 1.61. The van der Waals surface area contributed by atoms with Crippen molar-refractivity contribution >= 4 is 33.5 Å². The lowest BCUT2D eigenvalue weighted by Gasteiger charge is -2.25. The zero-order valence-electron chi connectivity index (χ0n) is 14.8. The van der Waals surface area contributed by atoms with Gasteiger partial charge in [0.2, 0.25) is 11.8 Å². The van der Waals surface area contributed by atoms with Crippen LogP contribution in [0, 0.1) is 0 Å². The number of hydrazone groups is 1. The van der Waals surface area contributed by atoms with Gasteiger partial charge in [-0.1, -0.05) is 58.4 Å². The molecule has 2 aromatic carbocycles. The normalized spacial score (nSPS) is 19.5. The van der Waals surface area contributed by atoms with Crippen LogP contribution in [0.3, 0.4) is 0 Å². The van der Waals surface area contributed by atoms with Crippen LogP contribution in [0.5, 0.6) is 0 Å². The fourth-order valence-electron chi connectivity index (χ4n) is 3.62. The molecule has 1 unspecified atom stereocenters. The van der Waals surface area contributed by atoms with Gasteiger partial charge in [0, 0.05) is 23.0 Å². The van der Waals surface area contributed by atoms with Gasteiger partial charge in [-0.15, -0.1) is 0 Å². The van der Waals surface area contributed by atoms with Crippen molar-refractivity contribution in [2.45, 2.75) is 25.3 Å². The number of rotatable bonds is 4. The fraction of sp³-hybridized carbons (Fsp3) is 0.286. The third-order valence-electron chi connectivity index (χ3n) is 5.00. The average molecular weight is 426 g/mol. The molecule has 0 radical (unpaired) electrons. The molecule has 0 spiro atoms. The molecule has 0 N–H and O–H groups in total. The molecule has 0 bridgehead atoms. The molecule has 2 amide bonds. The summed E-state index contributed by atoms with van der Waals surface area (Å²) < 4.78 is 0.982. The molecule has 27 heavy (non-hydrogen) atoms. The highest BCUT2D eigenvalue weighted by Gasteiger charge is 2.38. The Kier molecular flexibility index (Phi) is 5.07. The molecule has 2 aliphatic rings. The molecule has 5 nitrogen and oxygen atoms in total. The van der Waals surface area contributed by atoms with Crippen LogP contribution in [-0.2, 0) is 16.0 Å². The van der Waals surface area contributed by atoms with Gasteiger partial charge in [0.15, 0.2) is 0 Å². The number of hydrogen-bond acceptors (Lipinski definition) is 3. The van der Waals surface area contributed by atoms with Crippen molar-refractivity contribution in [3.63, 3.8) is 0 Å². The maximum atomic E-state index is 12.8. The Morgan fingerprint density at radius 2 is 1.85 bits per heavy atom. The first-order valence-electron chi connectivity index (χ1n) is 9.10. The molecule has 4 rings (SSSR count). The van der Waals surface area contributed by atoms with Crippen molar-refractivity contribution < 1.29 is 9.59 Å². The van der Waals surface area contributed by atoms with Gasteiger partial charge in [0.05, 0.1) is 24.7 Å². The summed E-state index contributed by atoms with van der Waals surface area (Å²) in [5.41, 5.74) is 2.70. The van der Waals surface area contributed by atoms with E-state index in [1.54, 1.807) is 0 Å². The SMILES string of the molecule is O=C(Cc1ccccc1)N1CC(N2CCCC2=O)C(c2ccc(Br)cc2)=N1. The molecule has 1 atom stereocenters. The van der Waals surface area contributed by atoms with E-state index in [1.807, 2.05) is 59.5 Å². The van der Waals surface area contributed by atoms with Crippen molar-refractivity contribution in [1.29, 1.82) is 0 Å². The van der Waals surface area contributed by atoms with Crippen LogP contribution in [0.2, 0.25) is 0 Å². The second-order valence-electron chi connectivity index (χ2n) is 6.84. The van der Waals surface area contributed by atoms with E-state index in [1.165, 1.54) is 5.01 Å². The summed E-state index contributed by atoms with van der Waals surface area (Å²) in [5.74, 6) is 0.0899. The van der Waals surface area contributed by atoms with E-state index >= 15 is 0 Å². The van der Waals surface area contributed by atoms with Crippen LogP contribution in [0.4, 0.5) is 0 Å². The quantitative estimate of drug-likeness (QED) is 0.754. The lowest BCUT2D eigenvalue weighted by molar-refractivity contribution is -0.133. The van der Waals surface area contributed by atoms with E-state index < -0.39 is 0 Å². The Bertz CT molecular complexity index is 880. The monoisotopic (exact) mass is 425 g/mol. The highest BCUT2D eigenvalue weighted by molar-refractivity contribution is 9.10. The van der Waals surface area contributed by atoms with E-state index in [0.29, 0.717) is 19.4 Å². The van der Waals surface area contributed by atoms with Crippen molar-refractivity contribution in [2.75, 3.05) is 13.1 Å². The van der Waals surface area contributed by atoms with Gasteiger partial charge in [-0.25, -0.2) is 5.01 Å². The molecule has 6 heteroatoms. The zero-order chi connectivity index (χ0) is 18.8. The number of carbonyl (C=O) groups excluding carboxylic acids is 2. The molecule has 0 saturated carbocycles. The minimum atomic E-state index is -0.180. The van der Waals surface area contributed by atoms with E-state index in [-0.39, 0.29) is 17.9 Å². The van der Waals surface area contributed by atoms with Crippen molar-refractivity contribution in [3.8, 4) is 0 Å². The predicted molar refractivity (Wildman–Crippen MR) is 107 cm³/mol. The Labute approximate surface area is 166 Å². The van der Waals surface area contributed by atoms with Gasteiger partial charge in [-0.3, -0.25) is 9.59 Å². The number of amides is 2. The summed E-state index contributed by atoms with van der Waals surface area (Å²) in [6, 6.07) is 17.3. The van der Waals surface area contributed by atoms with Gasteiger partial charge in [0.1, 0.15) is 0 Å². The van der Waals surface area contributed by atoms with E-state index in [9.17, 15) is 9.59 Å². The summed E-state index contributed by atoms with van der Waals surface area (Å²) in [4.78, 5) is 27.0. The Hall–Kier alpha value is -2.47. The number of carbonyl (C=O) groups is 2. The first-order chi connectivity index (χ1) is 13.1. The predicted octanol–water partition coefficient (Wildman–Crippen LogP) is 3.23. The molecule has 2 aliphatic heterocycles. The smallest absolute Gasteiger partial charge is 0.247 e. The van der Waals surface area contributed by atoms with Gasteiger partial charge >= 0.3 is 0 Å². The molecule has 1 fully saturated rings. The number of benzene rings is 2. The Morgan fingerprint density at radius 1 is 1.11 bits per heavy atom. The van der Waals surface area contributed by atoms with Gasteiger partial charge in [-0.05, 0) is 24.1 Å². The number of halogens is 1. The molecular weight excluding hydrogens is 406 g/mol. The molecular formula is C21H20BrN3O2. The van der Waals surface area contributed by atoms with Crippen molar-refractivity contribution in [1.82, 2.24) is 9.91 Å². The average Bonchev–Trinajstić information content (AvgIpc) is 3.29. The second-order valence-corrected chi connectivity index (χ2v) is 7.75. The van der Waals surface area contributed by atoms with Gasteiger partial charge in [-0.2, -0.15) is 5.10 Å². The topological polar surface area (TPSA) is 53.0 Å². The molecule has 0 aromatic heterocycles. The summed E-state index contributed by atoms with van der Waals surface area (Å²) >= 11 is 3.45. The fourth-order valence-corrected chi connectivity index (χ4v) is 3.89. The third kappa shape index (κ3) is 3.81. The first kappa shape index (κ1) is 17.9. The molecule has 0 aliphatic carbocycles. The third-order valence-corrected chi connectivity index (χ3v) is 5.53. The highest BCUT2D eigenvalue weighted by Crippen LogP contribution is 2.25. The van der Waals surface area contributed by atoms with E-state index in [2.05, 4.69) is 21.0 Å². The lowest BCUT2D eigenvalue weighted by atomic mass is 10.0. The largest absolute Gasteiger partial charge is 0.332 e. The second kappa shape index (κ2) is 7.64. The number of likely N-dealkylation sites (tertiary alicyclic amines) is 1. The zero-order valence-corrected chi connectivity index (χ0v) is 16.4. The van der Waals surface area contributed by atoms with E-state index in [4.69, 9.17) is 0 Å². The summed E-state index contributed by atoms with van der Waals surface area (Å²) in [5, 5.41) is 6.16. The molecule has 2 heterocycles. The van der Waals surface area contributed by atoms with Gasteiger partial charge in [0.25, 0.3) is 0 Å². The standard InChI is InChI=1S/C21H20BrN3O2/c22-17-10-8-16(9-11-17)21-18(24-12-4-7-19(24)26)14-25(23-21)20(27)13-15-5-2-1-3-6-15/h1-3,5-6,8-11,18H,4,7,12-14H2. The van der Waals surface area contributed by atoms with Crippen LogP contribution in [-0.4, -0.2) is 46.6 Å². The number of hydrogen-bond donors (Lipinski definition) is 0. The molecule has 1 saturated heterocycles. The number of nitrogens with zero attached hydrogens (tertiary/aromatic N) is 3.